The molecule has 0 fully saturated rings. The Morgan fingerprint density at radius 1 is 1.50 bits per heavy atom. The van der Waals surface area contributed by atoms with Crippen molar-refractivity contribution in [2.75, 3.05) is 12.8 Å². The smallest absolute Gasteiger partial charge is 0.251 e. The van der Waals surface area contributed by atoms with Crippen LogP contribution >= 0.6 is 23.1 Å². The molecule has 0 aliphatic carbocycles. The van der Waals surface area contributed by atoms with Gasteiger partial charge in [-0.3, -0.25) is 9.59 Å². The van der Waals surface area contributed by atoms with Crippen LogP contribution in [0.4, 0.5) is 0 Å². The van der Waals surface area contributed by atoms with Crippen LogP contribution in [0.5, 0.6) is 0 Å². The maximum atomic E-state index is 12.1. The zero-order chi connectivity index (χ0) is 15.9. The van der Waals surface area contributed by atoms with Gasteiger partial charge >= 0.3 is 0 Å². The number of aromatic nitrogens is 2. The number of rotatable bonds is 7. The lowest BCUT2D eigenvalue weighted by Crippen LogP contribution is -2.27. The molecule has 0 atom stereocenters. The standard InChI is InChI=1S/C15H19N3O2S2/c1-3-5-11-8-13(19)17-15(16-11)22-10-14(20)18(2)9-12-6-4-7-21-12/h4,6-8H,3,5,9-10H2,1-2H3,(H,16,17,19). The van der Waals surface area contributed by atoms with Crippen LogP contribution in [-0.4, -0.2) is 33.6 Å². The van der Waals surface area contributed by atoms with E-state index >= 15 is 0 Å². The average molecular weight is 337 g/mol. The Balaban J connectivity index is 1.91. The van der Waals surface area contributed by atoms with Gasteiger partial charge in [-0.2, -0.15) is 0 Å². The van der Waals surface area contributed by atoms with Crippen LogP contribution in [0.1, 0.15) is 23.9 Å². The van der Waals surface area contributed by atoms with Crippen molar-refractivity contribution in [1.82, 2.24) is 14.9 Å². The molecule has 0 radical (unpaired) electrons. The topological polar surface area (TPSA) is 66.1 Å². The molecule has 118 valence electrons. The Hall–Kier alpha value is -1.60. The highest BCUT2D eigenvalue weighted by Gasteiger charge is 2.11. The summed E-state index contributed by atoms with van der Waals surface area (Å²) < 4.78 is 0. The summed E-state index contributed by atoms with van der Waals surface area (Å²) in [6, 6.07) is 5.49. The molecular formula is C15H19N3O2S2. The Kier molecular flexibility index (Phi) is 6.21. The number of hydrogen-bond acceptors (Lipinski definition) is 5. The molecule has 5 nitrogen and oxygen atoms in total. The average Bonchev–Trinajstić information content (AvgIpc) is 2.97. The summed E-state index contributed by atoms with van der Waals surface area (Å²) in [5.41, 5.74) is 0.605. The fourth-order valence-electron chi connectivity index (χ4n) is 1.90. The van der Waals surface area contributed by atoms with Crippen LogP contribution < -0.4 is 5.56 Å². The normalized spacial score (nSPS) is 10.6. The van der Waals surface area contributed by atoms with Crippen molar-refractivity contribution in [3.05, 3.63) is 44.5 Å². The molecule has 0 aromatic carbocycles. The van der Waals surface area contributed by atoms with E-state index in [-0.39, 0.29) is 17.2 Å². The van der Waals surface area contributed by atoms with Crippen LogP contribution in [0.3, 0.4) is 0 Å². The molecule has 7 heteroatoms. The van der Waals surface area contributed by atoms with Gasteiger partial charge in [0.25, 0.3) is 5.56 Å². The van der Waals surface area contributed by atoms with E-state index in [0.29, 0.717) is 11.7 Å². The molecule has 1 N–H and O–H groups in total. The van der Waals surface area contributed by atoms with Crippen molar-refractivity contribution in [1.29, 1.82) is 0 Å². The van der Waals surface area contributed by atoms with Crippen LogP contribution in [-0.2, 0) is 17.8 Å². The van der Waals surface area contributed by atoms with Gasteiger partial charge in [0.15, 0.2) is 5.16 Å². The number of H-pyrrole nitrogens is 1. The molecule has 2 heterocycles. The van der Waals surface area contributed by atoms with E-state index in [0.717, 1.165) is 23.4 Å². The number of nitrogens with zero attached hydrogens (tertiary/aromatic N) is 2. The highest BCUT2D eigenvalue weighted by molar-refractivity contribution is 7.99. The lowest BCUT2D eigenvalue weighted by molar-refractivity contribution is -0.127. The second kappa shape index (κ2) is 8.14. The number of hydrogen-bond donors (Lipinski definition) is 1. The molecule has 0 aliphatic heterocycles. The predicted molar refractivity (Wildman–Crippen MR) is 90.4 cm³/mol. The Labute approximate surface area is 137 Å². The maximum Gasteiger partial charge on any atom is 0.251 e. The van der Waals surface area contributed by atoms with Gasteiger partial charge in [0.2, 0.25) is 5.91 Å². The minimum atomic E-state index is -0.166. The monoisotopic (exact) mass is 337 g/mol. The minimum absolute atomic E-state index is 0.0157. The third-order valence-corrected chi connectivity index (χ3v) is 4.73. The number of aromatic amines is 1. The van der Waals surface area contributed by atoms with E-state index in [4.69, 9.17) is 0 Å². The van der Waals surface area contributed by atoms with Gasteiger partial charge in [0.05, 0.1) is 12.3 Å². The lowest BCUT2D eigenvalue weighted by Gasteiger charge is -2.15. The van der Waals surface area contributed by atoms with E-state index < -0.39 is 0 Å². The Morgan fingerprint density at radius 2 is 2.32 bits per heavy atom. The highest BCUT2D eigenvalue weighted by Crippen LogP contribution is 2.15. The van der Waals surface area contributed by atoms with Crippen LogP contribution in [0.2, 0.25) is 0 Å². The fourth-order valence-corrected chi connectivity index (χ4v) is 3.49. The van der Waals surface area contributed by atoms with Gasteiger partial charge in [0, 0.05) is 23.7 Å². The van der Waals surface area contributed by atoms with Gasteiger partial charge in [-0.05, 0) is 17.9 Å². The molecule has 0 unspecified atom stereocenters. The van der Waals surface area contributed by atoms with E-state index in [1.54, 1.807) is 23.3 Å². The largest absolute Gasteiger partial charge is 0.340 e. The first-order valence-electron chi connectivity index (χ1n) is 7.08. The first kappa shape index (κ1) is 16.8. The zero-order valence-electron chi connectivity index (χ0n) is 12.7. The van der Waals surface area contributed by atoms with Crippen LogP contribution in [0.15, 0.2) is 33.5 Å². The summed E-state index contributed by atoms with van der Waals surface area (Å²) in [5.74, 6) is 0.280. The maximum absolute atomic E-state index is 12.1. The van der Waals surface area contributed by atoms with Crippen molar-refractivity contribution in [3.8, 4) is 0 Å². The van der Waals surface area contributed by atoms with E-state index in [1.807, 2.05) is 24.4 Å². The summed E-state index contributed by atoms with van der Waals surface area (Å²) in [5, 5.41) is 2.50. The highest BCUT2D eigenvalue weighted by atomic mass is 32.2. The molecule has 0 aliphatic rings. The fraction of sp³-hybridized carbons (Fsp3) is 0.400. The molecule has 0 saturated heterocycles. The first-order valence-corrected chi connectivity index (χ1v) is 8.94. The molecule has 0 saturated carbocycles. The molecule has 0 bridgehead atoms. The van der Waals surface area contributed by atoms with Gasteiger partial charge < -0.3 is 9.88 Å². The number of nitrogens with one attached hydrogen (secondary N) is 1. The summed E-state index contributed by atoms with van der Waals surface area (Å²) in [6.07, 6.45) is 1.70. The predicted octanol–water partition coefficient (Wildman–Crippen LogP) is 2.53. The third kappa shape index (κ3) is 4.99. The van der Waals surface area contributed by atoms with E-state index in [1.165, 1.54) is 17.8 Å². The summed E-state index contributed by atoms with van der Waals surface area (Å²) in [7, 11) is 1.78. The number of carbonyl (C=O) groups is 1. The van der Waals surface area contributed by atoms with Crippen molar-refractivity contribution in [3.63, 3.8) is 0 Å². The van der Waals surface area contributed by atoms with Crippen molar-refractivity contribution in [2.24, 2.45) is 0 Å². The molecule has 1 amide bonds. The second-order valence-corrected chi connectivity index (χ2v) is 6.91. The Bertz CT molecular complexity index is 668. The van der Waals surface area contributed by atoms with Crippen molar-refractivity contribution < 1.29 is 4.79 Å². The quantitative estimate of drug-likeness (QED) is 0.623. The van der Waals surface area contributed by atoms with Gasteiger partial charge in [-0.25, -0.2) is 4.98 Å². The number of carbonyl (C=O) groups excluding carboxylic acids is 1. The van der Waals surface area contributed by atoms with Crippen molar-refractivity contribution >= 4 is 29.0 Å². The van der Waals surface area contributed by atoms with Gasteiger partial charge in [0.1, 0.15) is 0 Å². The van der Waals surface area contributed by atoms with Gasteiger partial charge in [-0.15, -0.1) is 11.3 Å². The molecule has 22 heavy (non-hydrogen) atoms. The molecule has 2 rings (SSSR count). The molecule has 0 spiro atoms. The first-order chi connectivity index (χ1) is 10.6. The molecule has 2 aromatic heterocycles. The van der Waals surface area contributed by atoms with Crippen LogP contribution in [0.25, 0.3) is 0 Å². The summed E-state index contributed by atoms with van der Waals surface area (Å²) >= 11 is 2.90. The molecular weight excluding hydrogens is 318 g/mol. The van der Waals surface area contributed by atoms with Gasteiger partial charge in [-0.1, -0.05) is 31.2 Å². The SMILES string of the molecule is CCCc1cc(=O)[nH]c(SCC(=O)N(C)Cc2cccs2)n1. The zero-order valence-corrected chi connectivity index (χ0v) is 14.3. The number of aryl methyl sites for hydroxylation is 1. The minimum Gasteiger partial charge on any atom is -0.340 e. The third-order valence-electron chi connectivity index (χ3n) is 3.01. The Morgan fingerprint density at radius 3 is 3.00 bits per heavy atom. The van der Waals surface area contributed by atoms with Crippen LogP contribution in [0, 0.1) is 0 Å². The van der Waals surface area contributed by atoms with E-state index in [2.05, 4.69) is 9.97 Å². The van der Waals surface area contributed by atoms with Crippen molar-refractivity contribution in [2.45, 2.75) is 31.5 Å². The molecule has 2 aromatic rings. The lowest BCUT2D eigenvalue weighted by atomic mass is 10.2. The van der Waals surface area contributed by atoms with E-state index in [9.17, 15) is 9.59 Å². The number of amides is 1. The summed E-state index contributed by atoms with van der Waals surface area (Å²) in [4.78, 5) is 33.6. The number of thiophene rings is 1. The second-order valence-electron chi connectivity index (χ2n) is 4.91. The number of thioether (sulfide) groups is 1. The summed E-state index contributed by atoms with van der Waals surface area (Å²) in [6.45, 7) is 2.65.